The minimum atomic E-state index is -0.910. The molecule has 0 saturated carbocycles. The van der Waals surface area contributed by atoms with Crippen LogP contribution in [0.1, 0.15) is 20.3 Å². The molecule has 0 spiro atoms. The van der Waals surface area contributed by atoms with Crippen LogP contribution in [0.3, 0.4) is 0 Å². The van der Waals surface area contributed by atoms with Gasteiger partial charge >= 0.3 is 5.97 Å². The van der Waals surface area contributed by atoms with E-state index in [1.807, 2.05) is 0 Å². The Labute approximate surface area is 76.3 Å². The first kappa shape index (κ1) is 10.4. The molecule has 5 heteroatoms. The highest BCUT2D eigenvalue weighted by Crippen LogP contribution is 2.20. The topological polar surface area (TPSA) is 76.0 Å². The van der Waals surface area contributed by atoms with Gasteiger partial charge in [0.05, 0.1) is 12.2 Å². The normalized spacial score (nSPS) is 40.0. The second kappa shape index (κ2) is 4.04. The molecule has 1 rings (SSSR count). The van der Waals surface area contributed by atoms with Crippen molar-refractivity contribution in [2.75, 3.05) is 0 Å². The molecule has 1 saturated heterocycles. The summed E-state index contributed by atoms with van der Waals surface area (Å²) in [6.07, 6.45) is -2.95. The zero-order valence-electron chi connectivity index (χ0n) is 7.64. The van der Waals surface area contributed by atoms with Crippen LogP contribution in [0.2, 0.25) is 0 Å². The molecule has 5 nitrogen and oxygen atoms in total. The molecular weight excluding hydrogens is 176 g/mol. The van der Waals surface area contributed by atoms with Crippen molar-refractivity contribution >= 4 is 5.97 Å². The maximum Gasteiger partial charge on any atom is 0.304 e. The average molecular weight is 190 g/mol. The Morgan fingerprint density at radius 1 is 1.54 bits per heavy atom. The number of aliphatic hydroxyl groups excluding tert-OH is 2. The minimum Gasteiger partial charge on any atom is -0.436 e. The third-order valence-corrected chi connectivity index (χ3v) is 1.97. The summed E-state index contributed by atoms with van der Waals surface area (Å²) in [6.45, 7) is 2.88. The summed E-state index contributed by atoms with van der Waals surface area (Å²) in [5.74, 6) is -0.458. The highest BCUT2D eigenvalue weighted by Gasteiger charge is 2.35. The van der Waals surface area contributed by atoms with Crippen LogP contribution in [-0.4, -0.2) is 40.8 Å². The zero-order valence-corrected chi connectivity index (χ0v) is 7.64. The van der Waals surface area contributed by atoms with Gasteiger partial charge in [-0.1, -0.05) is 0 Å². The molecule has 0 amide bonds. The summed E-state index contributed by atoms with van der Waals surface area (Å²) in [5, 5.41) is 18.6. The second-order valence-electron chi connectivity index (χ2n) is 3.17. The summed E-state index contributed by atoms with van der Waals surface area (Å²) in [6, 6.07) is 0. The van der Waals surface area contributed by atoms with Crippen LogP contribution in [0.15, 0.2) is 0 Å². The lowest BCUT2D eigenvalue weighted by atomic mass is 10.0. The third-order valence-electron chi connectivity index (χ3n) is 1.97. The molecule has 0 aromatic rings. The van der Waals surface area contributed by atoms with E-state index in [1.54, 1.807) is 6.92 Å². The lowest BCUT2D eigenvalue weighted by molar-refractivity contribution is -0.240. The van der Waals surface area contributed by atoms with Crippen molar-refractivity contribution in [3.8, 4) is 0 Å². The Morgan fingerprint density at radius 3 is 2.62 bits per heavy atom. The zero-order chi connectivity index (χ0) is 10.0. The van der Waals surface area contributed by atoms with Crippen molar-refractivity contribution in [3.05, 3.63) is 0 Å². The average Bonchev–Trinajstić information content (AvgIpc) is 1.98. The smallest absolute Gasteiger partial charge is 0.304 e. The first-order valence-corrected chi connectivity index (χ1v) is 4.19. The summed E-state index contributed by atoms with van der Waals surface area (Å²) in [4.78, 5) is 10.6. The monoisotopic (exact) mass is 190 g/mol. The fourth-order valence-corrected chi connectivity index (χ4v) is 1.29. The van der Waals surface area contributed by atoms with Gasteiger partial charge in [-0.2, -0.15) is 0 Å². The van der Waals surface area contributed by atoms with Crippen molar-refractivity contribution in [1.82, 2.24) is 0 Å². The van der Waals surface area contributed by atoms with Gasteiger partial charge in [0.15, 0.2) is 0 Å². The van der Waals surface area contributed by atoms with Gasteiger partial charge in [-0.25, -0.2) is 0 Å². The minimum absolute atomic E-state index is 0.116. The van der Waals surface area contributed by atoms with E-state index in [2.05, 4.69) is 0 Å². The van der Waals surface area contributed by atoms with Crippen LogP contribution in [0, 0.1) is 0 Å². The highest BCUT2D eigenvalue weighted by atomic mass is 16.7. The van der Waals surface area contributed by atoms with Crippen LogP contribution in [-0.2, 0) is 14.3 Å². The number of rotatable bonds is 1. The molecule has 1 aliphatic rings. The van der Waals surface area contributed by atoms with Gasteiger partial charge in [-0.15, -0.1) is 0 Å². The van der Waals surface area contributed by atoms with Crippen LogP contribution in [0.25, 0.3) is 0 Å². The number of carbonyl (C=O) groups is 1. The number of hydrogen-bond donors (Lipinski definition) is 2. The van der Waals surface area contributed by atoms with Crippen molar-refractivity contribution in [2.45, 2.75) is 44.9 Å². The van der Waals surface area contributed by atoms with Gasteiger partial charge < -0.3 is 19.7 Å². The van der Waals surface area contributed by atoms with Crippen molar-refractivity contribution in [1.29, 1.82) is 0 Å². The molecular formula is C8H14O5. The van der Waals surface area contributed by atoms with E-state index in [4.69, 9.17) is 9.47 Å². The van der Waals surface area contributed by atoms with Gasteiger partial charge in [0, 0.05) is 13.3 Å². The Bertz CT molecular complexity index is 181. The van der Waals surface area contributed by atoms with Gasteiger partial charge in [0.1, 0.15) is 6.10 Å². The molecule has 0 aromatic carbocycles. The second-order valence-corrected chi connectivity index (χ2v) is 3.17. The first-order valence-electron chi connectivity index (χ1n) is 4.19. The quantitative estimate of drug-likeness (QED) is 0.540. The molecule has 76 valence electrons. The Balaban J connectivity index is 2.48. The van der Waals surface area contributed by atoms with Gasteiger partial charge in [-0.3, -0.25) is 4.79 Å². The van der Waals surface area contributed by atoms with E-state index in [0.29, 0.717) is 0 Å². The molecule has 13 heavy (non-hydrogen) atoms. The standard InChI is InChI=1S/C8H14O5/c1-4-8(11)6(10)3-7(12-4)13-5(2)9/h4,6-8,10-11H,3H2,1-2H3/t4-,6-,7-,8-/m1/s1. The predicted octanol–water partition coefficient (Wildman–Crippen LogP) is -0.594. The maximum absolute atomic E-state index is 10.6. The van der Waals surface area contributed by atoms with Crippen LogP contribution in [0.5, 0.6) is 0 Å². The SMILES string of the molecule is CC(=O)O[C@@H]1C[C@@H](O)[C@H](O)[C@@H](C)O1. The van der Waals surface area contributed by atoms with Gasteiger partial charge in [-0.05, 0) is 6.92 Å². The number of hydrogen-bond acceptors (Lipinski definition) is 5. The third kappa shape index (κ3) is 2.65. The molecule has 0 bridgehead atoms. The van der Waals surface area contributed by atoms with E-state index in [-0.39, 0.29) is 6.42 Å². The van der Waals surface area contributed by atoms with Gasteiger partial charge in [0.25, 0.3) is 0 Å². The van der Waals surface area contributed by atoms with Crippen molar-refractivity contribution in [2.24, 2.45) is 0 Å². The summed E-state index contributed by atoms with van der Waals surface area (Å²) in [5.41, 5.74) is 0. The van der Waals surface area contributed by atoms with E-state index in [0.717, 1.165) is 0 Å². The fourth-order valence-electron chi connectivity index (χ4n) is 1.29. The van der Waals surface area contributed by atoms with Gasteiger partial charge in [0.2, 0.25) is 6.29 Å². The molecule has 1 fully saturated rings. The summed E-state index contributed by atoms with van der Waals surface area (Å²) in [7, 11) is 0. The Hall–Kier alpha value is -0.650. The molecule has 0 aromatic heterocycles. The maximum atomic E-state index is 10.6. The summed E-state index contributed by atoms with van der Waals surface area (Å²) >= 11 is 0. The van der Waals surface area contributed by atoms with E-state index in [1.165, 1.54) is 6.92 Å². The molecule has 0 aliphatic carbocycles. The summed E-state index contributed by atoms with van der Waals surface area (Å²) < 4.78 is 9.87. The van der Waals surface area contributed by atoms with Crippen molar-refractivity contribution in [3.63, 3.8) is 0 Å². The van der Waals surface area contributed by atoms with E-state index >= 15 is 0 Å². The molecule has 4 atom stereocenters. The van der Waals surface area contributed by atoms with E-state index < -0.39 is 30.6 Å². The molecule has 0 unspecified atom stereocenters. The lowest BCUT2D eigenvalue weighted by Gasteiger charge is -2.34. The van der Waals surface area contributed by atoms with Crippen LogP contribution < -0.4 is 0 Å². The fraction of sp³-hybridized carbons (Fsp3) is 0.875. The lowest BCUT2D eigenvalue weighted by Crippen LogP contribution is -2.47. The molecule has 1 heterocycles. The largest absolute Gasteiger partial charge is 0.436 e. The number of carbonyl (C=O) groups excluding carboxylic acids is 1. The number of aliphatic hydroxyl groups is 2. The molecule has 0 radical (unpaired) electrons. The highest BCUT2D eigenvalue weighted by molar-refractivity contribution is 5.66. The number of esters is 1. The van der Waals surface area contributed by atoms with E-state index in [9.17, 15) is 15.0 Å². The predicted molar refractivity (Wildman–Crippen MR) is 42.7 cm³/mol. The Kier molecular flexibility index (Phi) is 3.24. The van der Waals surface area contributed by atoms with Crippen molar-refractivity contribution < 1.29 is 24.5 Å². The first-order chi connectivity index (χ1) is 6.00. The molecule has 2 N–H and O–H groups in total. The van der Waals surface area contributed by atoms with Crippen LogP contribution in [0.4, 0.5) is 0 Å². The molecule has 1 aliphatic heterocycles. The Morgan fingerprint density at radius 2 is 2.15 bits per heavy atom. The number of ether oxygens (including phenoxy) is 2. The van der Waals surface area contributed by atoms with Crippen LogP contribution >= 0.6 is 0 Å².